The number of nitrogens with one attached hydrogen (secondary N) is 1. The molecule has 0 unspecified atom stereocenters. The Morgan fingerprint density at radius 2 is 0.921 bits per heavy atom. The lowest BCUT2D eigenvalue weighted by molar-refractivity contribution is -0.0000153. The zero-order valence-electron chi connectivity index (χ0n) is 20.7. The molecular formula is C33H27ClNOPS. The molecule has 0 aliphatic carbocycles. The van der Waals surface area contributed by atoms with E-state index in [1.54, 1.807) is 11.8 Å². The molecule has 0 radical (unpaired) electrons. The summed E-state index contributed by atoms with van der Waals surface area (Å²) >= 11 is 1.63. The van der Waals surface area contributed by atoms with Gasteiger partial charge in [-0.3, -0.25) is 10.1 Å². The smallest absolute Gasteiger partial charge is 0.258 e. The highest BCUT2D eigenvalue weighted by Gasteiger charge is 2.50. The lowest BCUT2D eigenvalue weighted by atomic mass is 10.2. The van der Waals surface area contributed by atoms with Crippen LogP contribution in [0, 0.1) is 0 Å². The molecule has 0 saturated heterocycles. The second-order valence-corrected chi connectivity index (χ2v) is 12.7. The fraction of sp³-hybridized carbons (Fsp3) is 0. The molecule has 188 valence electrons. The van der Waals surface area contributed by atoms with Crippen LogP contribution in [0.2, 0.25) is 0 Å². The number of benzene rings is 5. The number of amides is 1. The zero-order valence-corrected chi connectivity index (χ0v) is 23.1. The molecule has 5 aromatic rings. The number of carbonyl (C=O) groups is 1. The van der Waals surface area contributed by atoms with Crippen molar-refractivity contribution >= 4 is 40.8 Å². The van der Waals surface area contributed by atoms with E-state index in [0.717, 1.165) is 10.3 Å². The molecule has 0 heterocycles. The van der Waals surface area contributed by atoms with E-state index in [-0.39, 0.29) is 18.3 Å². The zero-order chi connectivity index (χ0) is 25.3. The molecule has 2 nitrogen and oxygen atoms in total. The summed E-state index contributed by atoms with van der Waals surface area (Å²) < 4.78 is 0. The third kappa shape index (κ3) is 5.92. The first-order valence-electron chi connectivity index (χ1n) is 12.1. The van der Waals surface area contributed by atoms with Crippen molar-refractivity contribution < 1.29 is 17.2 Å². The van der Waals surface area contributed by atoms with E-state index in [1.165, 1.54) is 15.9 Å². The predicted molar refractivity (Wildman–Crippen MR) is 159 cm³/mol. The molecule has 0 fully saturated rings. The Balaban J connectivity index is 0.00000336. The van der Waals surface area contributed by atoms with Crippen molar-refractivity contribution in [2.45, 2.75) is 4.90 Å². The van der Waals surface area contributed by atoms with Gasteiger partial charge in [-0.1, -0.05) is 103 Å². The standard InChI is InChI=1S/C33H26NOPS.ClH/c35-33(27-16-6-1-7-17-27)34-32(26-37-31-24-14-5-15-25-31)36(28-18-8-2-9-19-28,29-20-10-3-11-21-29)30-22-12-4-13-23-30;/h1-26H;1H. The molecule has 0 saturated carbocycles. The normalized spacial score (nSPS) is 11.3. The van der Waals surface area contributed by atoms with Crippen molar-refractivity contribution in [1.82, 2.24) is 5.32 Å². The highest BCUT2D eigenvalue weighted by atomic mass is 35.5. The van der Waals surface area contributed by atoms with E-state index in [0.29, 0.717) is 5.56 Å². The second kappa shape index (κ2) is 13.3. The van der Waals surface area contributed by atoms with Crippen molar-refractivity contribution in [2.24, 2.45) is 0 Å². The fourth-order valence-electron chi connectivity index (χ4n) is 4.41. The molecule has 1 amide bonds. The molecule has 1 N–H and O–H groups in total. The Bertz CT molecular complexity index is 1370. The lowest BCUT2D eigenvalue weighted by Gasteiger charge is -2.29. The van der Waals surface area contributed by atoms with Crippen LogP contribution >= 0.6 is 19.0 Å². The molecule has 0 atom stereocenters. The fourth-order valence-corrected chi connectivity index (χ4v) is 9.68. The van der Waals surface area contributed by atoms with E-state index in [1.807, 2.05) is 66.7 Å². The maximum absolute atomic E-state index is 13.7. The summed E-state index contributed by atoms with van der Waals surface area (Å²) in [5.41, 5.74) is 1.53. The van der Waals surface area contributed by atoms with Crippen LogP contribution in [0.25, 0.3) is 0 Å². The largest absolute Gasteiger partial charge is 1.00 e. The third-order valence-corrected chi connectivity index (χ3v) is 11.4. The number of carbonyl (C=O) groups excluding carboxylic acids is 1. The number of rotatable bonds is 8. The van der Waals surface area contributed by atoms with Crippen LogP contribution < -0.4 is 33.6 Å². The summed E-state index contributed by atoms with van der Waals surface area (Å²) in [5.74, 6) is -0.118. The first-order valence-corrected chi connectivity index (χ1v) is 14.8. The summed E-state index contributed by atoms with van der Waals surface area (Å²) in [6.07, 6.45) is 0. The van der Waals surface area contributed by atoms with Gasteiger partial charge in [0.2, 0.25) is 0 Å². The lowest BCUT2D eigenvalue weighted by Crippen LogP contribution is -3.00. The van der Waals surface area contributed by atoms with Gasteiger partial charge in [0.1, 0.15) is 15.9 Å². The van der Waals surface area contributed by atoms with E-state index < -0.39 is 7.26 Å². The number of hydrogen-bond donors (Lipinski definition) is 1. The van der Waals surface area contributed by atoms with Crippen LogP contribution in [0.15, 0.2) is 167 Å². The first kappa shape index (κ1) is 27.4. The van der Waals surface area contributed by atoms with E-state index in [4.69, 9.17) is 0 Å². The van der Waals surface area contributed by atoms with Crippen molar-refractivity contribution in [3.05, 3.63) is 168 Å². The summed E-state index contributed by atoms with van der Waals surface area (Å²) in [7, 11) is -2.47. The monoisotopic (exact) mass is 551 g/mol. The van der Waals surface area contributed by atoms with Gasteiger partial charge in [0.15, 0.2) is 12.7 Å². The molecule has 0 aliphatic heterocycles. The Morgan fingerprint density at radius 1 is 0.553 bits per heavy atom. The van der Waals surface area contributed by atoms with Crippen molar-refractivity contribution in [3.8, 4) is 0 Å². The van der Waals surface area contributed by atoms with Crippen LogP contribution in [0.3, 0.4) is 0 Å². The molecule has 0 aliphatic rings. The minimum absolute atomic E-state index is 0. The summed E-state index contributed by atoms with van der Waals surface area (Å²) in [5, 5.41) is 9.07. The van der Waals surface area contributed by atoms with Crippen molar-refractivity contribution in [1.29, 1.82) is 0 Å². The molecule has 5 heteroatoms. The van der Waals surface area contributed by atoms with Crippen LogP contribution in [0.1, 0.15) is 10.4 Å². The molecule has 38 heavy (non-hydrogen) atoms. The molecule has 0 aromatic heterocycles. The van der Waals surface area contributed by atoms with Crippen LogP contribution in [0.5, 0.6) is 0 Å². The Kier molecular flexibility index (Phi) is 9.56. The number of thioether (sulfide) groups is 1. The Labute approximate surface area is 235 Å². The number of halogens is 1. The summed E-state index contributed by atoms with van der Waals surface area (Å²) in [4.78, 5) is 14.8. The van der Waals surface area contributed by atoms with Crippen molar-refractivity contribution in [3.63, 3.8) is 0 Å². The van der Waals surface area contributed by atoms with Crippen LogP contribution in [-0.4, -0.2) is 5.91 Å². The average molecular weight is 552 g/mol. The Morgan fingerprint density at radius 3 is 1.34 bits per heavy atom. The average Bonchev–Trinajstić information content (AvgIpc) is 2.99. The molecule has 5 rings (SSSR count). The van der Waals surface area contributed by atoms with Crippen LogP contribution in [0.4, 0.5) is 0 Å². The van der Waals surface area contributed by atoms with E-state index in [2.05, 4.69) is 95.7 Å². The van der Waals surface area contributed by atoms with Gasteiger partial charge in [-0.25, -0.2) is 0 Å². The Hall–Kier alpha value is -3.62. The highest BCUT2D eigenvalue weighted by molar-refractivity contribution is 8.04. The topological polar surface area (TPSA) is 29.1 Å². The van der Waals surface area contributed by atoms with Gasteiger partial charge in [-0.15, -0.1) is 0 Å². The minimum atomic E-state index is -2.47. The highest BCUT2D eigenvalue weighted by Crippen LogP contribution is 2.62. The minimum Gasteiger partial charge on any atom is -1.00 e. The molecule has 0 spiro atoms. The van der Waals surface area contributed by atoms with Gasteiger partial charge >= 0.3 is 0 Å². The van der Waals surface area contributed by atoms with Gasteiger partial charge < -0.3 is 12.4 Å². The quantitative estimate of drug-likeness (QED) is 0.233. The molecule has 5 aromatic carbocycles. The maximum Gasteiger partial charge on any atom is 0.258 e. The third-order valence-electron chi connectivity index (χ3n) is 6.12. The number of hydrogen-bond acceptors (Lipinski definition) is 2. The van der Waals surface area contributed by atoms with Crippen molar-refractivity contribution in [2.75, 3.05) is 0 Å². The van der Waals surface area contributed by atoms with E-state index >= 15 is 0 Å². The molecular weight excluding hydrogens is 525 g/mol. The van der Waals surface area contributed by atoms with Gasteiger partial charge in [0.05, 0.1) is 0 Å². The summed E-state index contributed by atoms with van der Waals surface area (Å²) in [6, 6.07) is 51.4. The first-order chi connectivity index (χ1) is 18.3. The predicted octanol–water partition coefficient (Wildman–Crippen LogP) is 4.01. The summed E-state index contributed by atoms with van der Waals surface area (Å²) in [6.45, 7) is 0. The SMILES string of the molecule is O=C(NC(=CSc1ccccc1)[P+](c1ccccc1)(c1ccccc1)c1ccccc1)c1ccccc1.[Cl-]. The maximum atomic E-state index is 13.7. The van der Waals surface area contributed by atoms with Gasteiger partial charge in [0, 0.05) is 15.9 Å². The van der Waals surface area contributed by atoms with Gasteiger partial charge in [-0.05, 0) is 60.7 Å². The van der Waals surface area contributed by atoms with Gasteiger partial charge in [0.25, 0.3) is 5.91 Å². The van der Waals surface area contributed by atoms with Gasteiger partial charge in [-0.2, -0.15) is 0 Å². The van der Waals surface area contributed by atoms with E-state index in [9.17, 15) is 4.79 Å². The second-order valence-electron chi connectivity index (χ2n) is 8.43. The molecule has 0 bridgehead atoms. The van der Waals surface area contributed by atoms with Crippen LogP contribution in [-0.2, 0) is 0 Å².